The van der Waals surface area contributed by atoms with Gasteiger partial charge >= 0.3 is 0 Å². The van der Waals surface area contributed by atoms with Gasteiger partial charge in [0.1, 0.15) is 5.65 Å². The summed E-state index contributed by atoms with van der Waals surface area (Å²) in [4.78, 5) is 28.9. The predicted molar refractivity (Wildman–Crippen MR) is 143 cm³/mol. The van der Waals surface area contributed by atoms with E-state index in [4.69, 9.17) is 9.98 Å². The van der Waals surface area contributed by atoms with E-state index in [1.165, 1.54) is 11.1 Å². The number of aromatic nitrogens is 2. The summed E-state index contributed by atoms with van der Waals surface area (Å²) in [5, 5.41) is 3.01. The highest BCUT2D eigenvalue weighted by Gasteiger charge is 2.21. The third kappa shape index (κ3) is 6.11. The first kappa shape index (κ1) is 24.5. The molecule has 1 N–H and O–H groups in total. The minimum atomic E-state index is -0.536. The summed E-state index contributed by atoms with van der Waals surface area (Å²) < 4.78 is 2.10. The summed E-state index contributed by atoms with van der Waals surface area (Å²) in [6.45, 7) is 6.97. The van der Waals surface area contributed by atoms with E-state index in [0.717, 1.165) is 34.9 Å². The van der Waals surface area contributed by atoms with E-state index >= 15 is 0 Å². The number of pyridine rings is 1. The first-order valence-electron chi connectivity index (χ1n) is 12.1. The molecular formula is C28H34N6O. The Kier molecular flexibility index (Phi) is 7.56. The van der Waals surface area contributed by atoms with Gasteiger partial charge in [-0.3, -0.25) is 19.2 Å². The summed E-state index contributed by atoms with van der Waals surface area (Å²) in [6, 6.07) is 12.7. The van der Waals surface area contributed by atoms with Crippen molar-refractivity contribution in [1.29, 1.82) is 0 Å². The van der Waals surface area contributed by atoms with E-state index in [0.29, 0.717) is 12.8 Å². The van der Waals surface area contributed by atoms with E-state index in [2.05, 4.69) is 83.2 Å². The quantitative estimate of drug-likeness (QED) is 0.547. The lowest BCUT2D eigenvalue weighted by Gasteiger charge is -2.16. The molecule has 1 amide bonds. The van der Waals surface area contributed by atoms with E-state index in [-0.39, 0.29) is 11.8 Å². The first-order valence-corrected chi connectivity index (χ1v) is 12.1. The number of allylic oxidation sites excluding steroid dienone is 1. The third-order valence-corrected chi connectivity index (χ3v) is 5.72. The minimum Gasteiger partial charge on any atom is -0.330 e. The van der Waals surface area contributed by atoms with Crippen LogP contribution in [0.4, 0.5) is 0 Å². The van der Waals surface area contributed by atoms with Crippen molar-refractivity contribution in [2.45, 2.75) is 46.3 Å². The normalized spacial score (nSPS) is 18.4. The van der Waals surface area contributed by atoms with Gasteiger partial charge in [-0.25, -0.2) is 4.98 Å². The SMILES string of the molecule is Cc1ccc(-c2nc3cc(CN(C)C)ccn3c2/C2=N/C(NC(=O)CC(C)C)C=N/C=C\C2)cc1. The van der Waals surface area contributed by atoms with Gasteiger partial charge in [0.25, 0.3) is 0 Å². The van der Waals surface area contributed by atoms with Gasteiger partial charge in [-0.05, 0) is 44.6 Å². The topological polar surface area (TPSA) is 74.4 Å². The predicted octanol–water partition coefficient (Wildman–Crippen LogP) is 4.64. The van der Waals surface area contributed by atoms with Crippen molar-refractivity contribution >= 4 is 23.5 Å². The number of imidazole rings is 1. The van der Waals surface area contributed by atoms with Crippen molar-refractivity contribution in [3.8, 4) is 11.3 Å². The molecule has 4 rings (SSSR count). The number of amides is 1. The van der Waals surface area contributed by atoms with Gasteiger partial charge < -0.3 is 10.2 Å². The van der Waals surface area contributed by atoms with Crippen molar-refractivity contribution in [2.24, 2.45) is 15.9 Å². The number of aryl methyl sites for hydroxylation is 1. The Morgan fingerprint density at radius 3 is 2.69 bits per heavy atom. The van der Waals surface area contributed by atoms with E-state index in [1.807, 2.05) is 19.9 Å². The van der Waals surface area contributed by atoms with Crippen LogP contribution in [0.15, 0.2) is 64.9 Å². The largest absolute Gasteiger partial charge is 0.330 e. The molecule has 1 atom stereocenters. The number of fused-ring (bicyclic) bond motifs is 1. The molecule has 0 saturated carbocycles. The van der Waals surface area contributed by atoms with Gasteiger partial charge in [-0.1, -0.05) is 49.8 Å². The average molecular weight is 471 g/mol. The summed E-state index contributed by atoms with van der Waals surface area (Å²) in [5.41, 5.74) is 6.96. The van der Waals surface area contributed by atoms with E-state index < -0.39 is 6.17 Å². The van der Waals surface area contributed by atoms with Crippen LogP contribution in [-0.4, -0.2) is 52.4 Å². The standard InChI is InChI=1S/C28H34N6O/c1-19(2)15-26(35)31-24-17-29-13-6-7-23(30-24)28-27(22-10-8-20(3)9-11-22)32-25-16-21(18-33(4)5)12-14-34(25)28/h6,8-14,16-17,19,24H,7,15,18H2,1-5H3,(H,31,35)/b13-6-,29-17?,30-23+. The zero-order valence-corrected chi connectivity index (χ0v) is 21.2. The van der Waals surface area contributed by atoms with Gasteiger partial charge in [-0.15, -0.1) is 0 Å². The van der Waals surface area contributed by atoms with Crippen LogP contribution >= 0.6 is 0 Å². The van der Waals surface area contributed by atoms with Crippen LogP contribution in [0.2, 0.25) is 0 Å². The van der Waals surface area contributed by atoms with E-state index in [9.17, 15) is 4.79 Å². The maximum Gasteiger partial charge on any atom is 0.222 e. The van der Waals surface area contributed by atoms with Crippen molar-refractivity contribution in [2.75, 3.05) is 14.1 Å². The molecule has 35 heavy (non-hydrogen) atoms. The van der Waals surface area contributed by atoms with Crippen LogP contribution in [-0.2, 0) is 11.3 Å². The summed E-state index contributed by atoms with van der Waals surface area (Å²) in [5.74, 6) is 0.237. The van der Waals surface area contributed by atoms with Crippen molar-refractivity contribution < 1.29 is 4.79 Å². The molecule has 1 aliphatic heterocycles. The molecule has 7 heteroatoms. The zero-order chi connectivity index (χ0) is 24.9. The number of benzene rings is 1. The number of nitrogens with zero attached hydrogens (tertiary/aromatic N) is 5. The first-order chi connectivity index (χ1) is 16.8. The highest BCUT2D eigenvalue weighted by Crippen LogP contribution is 2.28. The molecule has 0 saturated heterocycles. The monoisotopic (exact) mass is 470 g/mol. The molecular weight excluding hydrogens is 436 g/mol. The number of hydrogen-bond acceptors (Lipinski definition) is 5. The highest BCUT2D eigenvalue weighted by molar-refractivity contribution is 6.06. The van der Waals surface area contributed by atoms with Crippen molar-refractivity contribution in [3.63, 3.8) is 0 Å². The van der Waals surface area contributed by atoms with Gasteiger partial charge in [0.2, 0.25) is 5.91 Å². The van der Waals surface area contributed by atoms with Gasteiger partial charge in [0.05, 0.1) is 17.1 Å². The van der Waals surface area contributed by atoms with Crippen molar-refractivity contribution in [1.82, 2.24) is 19.6 Å². The Balaban J connectivity index is 1.84. The molecule has 1 aliphatic rings. The summed E-state index contributed by atoms with van der Waals surface area (Å²) in [7, 11) is 4.12. The number of nitrogens with one attached hydrogen (secondary N) is 1. The average Bonchev–Trinajstić information content (AvgIpc) is 3.13. The molecule has 1 aromatic carbocycles. The Labute approximate surface area is 207 Å². The molecule has 2 aromatic heterocycles. The van der Waals surface area contributed by atoms with E-state index in [1.54, 1.807) is 12.4 Å². The number of rotatable bonds is 7. The maximum absolute atomic E-state index is 12.5. The smallest absolute Gasteiger partial charge is 0.222 e. The molecule has 0 bridgehead atoms. The zero-order valence-electron chi connectivity index (χ0n) is 21.2. The third-order valence-electron chi connectivity index (χ3n) is 5.72. The van der Waals surface area contributed by atoms with Crippen LogP contribution < -0.4 is 5.32 Å². The fourth-order valence-electron chi connectivity index (χ4n) is 4.17. The van der Waals surface area contributed by atoms with Gasteiger partial charge in [0.15, 0.2) is 6.17 Å². The molecule has 0 spiro atoms. The molecule has 0 fully saturated rings. The Bertz CT molecular complexity index is 1280. The number of aliphatic imine (C=N–C) groups is 2. The van der Waals surface area contributed by atoms with Gasteiger partial charge in [-0.2, -0.15) is 0 Å². The lowest BCUT2D eigenvalue weighted by molar-refractivity contribution is -0.122. The molecule has 3 aromatic rings. The highest BCUT2D eigenvalue weighted by atomic mass is 16.1. The van der Waals surface area contributed by atoms with Crippen LogP contribution in [0.25, 0.3) is 16.9 Å². The van der Waals surface area contributed by atoms with Crippen LogP contribution in [0.5, 0.6) is 0 Å². The summed E-state index contributed by atoms with van der Waals surface area (Å²) in [6.07, 6.45) is 7.99. The Morgan fingerprint density at radius 1 is 1.20 bits per heavy atom. The fraction of sp³-hybridized carbons (Fsp3) is 0.357. The lowest BCUT2D eigenvalue weighted by atomic mass is 10.0. The second kappa shape index (κ2) is 10.8. The van der Waals surface area contributed by atoms with Crippen LogP contribution in [0.1, 0.15) is 43.5 Å². The fourth-order valence-corrected chi connectivity index (χ4v) is 4.17. The molecule has 3 heterocycles. The molecule has 7 nitrogen and oxygen atoms in total. The molecule has 0 aliphatic carbocycles. The maximum atomic E-state index is 12.5. The summed E-state index contributed by atoms with van der Waals surface area (Å²) >= 11 is 0. The van der Waals surface area contributed by atoms with Crippen molar-refractivity contribution in [3.05, 3.63) is 71.7 Å². The number of hydrogen-bond donors (Lipinski definition) is 1. The second-order valence-corrected chi connectivity index (χ2v) is 9.75. The van der Waals surface area contributed by atoms with Crippen LogP contribution in [0.3, 0.4) is 0 Å². The second-order valence-electron chi connectivity index (χ2n) is 9.75. The van der Waals surface area contributed by atoms with Gasteiger partial charge in [0, 0.05) is 43.6 Å². The molecule has 1 unspecified atom stereocenters. The number of carbonyl (C=O) groups is 1. The lowest BCUT2D eigenvalue weighted by Crippen LogP contribution is -2.36. The minimum absolute atomic E-state index is 0.0330. The Morgan fingerprint density at radius 2 is 1.97 bits per heavy atom. The molecule has 182 valence electrons. The number of carbonyl (C=O) groups excluding carboxylic acids is 1. The van der Waals surface area contributed by atoms with Crippen LogP contribution in [0, 0.1) is 12.8 Å². The Hall–Kier alpha value is -3.58. The molecule has 0 radical (unpaired) electrons.